The molecule has 1 fully saturated rings. The highest BCUT2D eigenvalue weighted by Gasteiger charge is 2.28. The molecule has 1 aromatic carbocycles. The molecule has 0 radical (unpaired) electrons. The monoisotopic (exact) mass is 372 g/mol. The summed E-state index contributed by atoms with van der Waals surface area (Å²) in [7, 11) is 8.83. The Morgan fingerprint density at radius 2 is 1.81 bits per heavy atom. The summed E-state index contributed by atoms with van der Waals surface area (Å²) < 4.78 is 16.5. The van der Waals surface area contributed by atoms with Crippen LogP contribution in [0.15, 0.2) is 24.4 Å². The predicted octanol–water partition coefficient (Wildman–Crippen LogP) is 2.91. The van der Waals surface area contributed by atoms with E-state index in [9.17, 15) is 0 Å². The van der Waals surface area contributed by atoms with Gasteiger partial charge in [0.25, 0.3) is 0 Å². The Morgan fingerprint density at radius 3 is 2.41 bits per heavy atom. The van der Waals surface area contributed by atoms with Gasteiger partial charge in [0.2, 0.25) is 11.7 Å². The molecule has 1 aliphatic heterocycles. The first-order valence-electron chi connectivity index (χ1n) is 9.10. The summed E-state index contributed by atoms with van der Waals surface area (Å²) in [5, 5.41) is 0. The van der Waals surface area contributed by atoms with E-state index in [1.807, 2.05) is 31.3 Å². The number of benzene rings is 1. The van der Waals surface area contributed by atoms with Gasteiger partial charge in [0.15, 0.2) is 11.5 Å². The van der Waals surface area contributed by atoms with E-state index in [4.69, 9.17) is 14.2 Å². The Balaban J connectivity index is 1.87. The van der Waals surface area contributed by atoms with Crippen LogP contribution in [0.5, 0.6) is 17.2 Å². The zero-order chi connectivity index (χ0) is 19.4. The Kier molecular flexibility index (Phi) is 6.01. The van der Waals surface area contributed by atoms with Gasteiger partial charge in [0.1, 0.15) is 0 Å². The molecular formula is C20H28N4O3. The molecule has 0 spiro atoms. The van der Waals surface area contributed by atoms with Crippen LogP contribution in [0.2, 0.25) is 0 Å². The minimum atomic E-state index is 0.288. The highest BCUT2D eigenvalue weighted by molar-refractivity contribution is 5.54. The first kappa shape index (κ1) is 19.2. The number of hydrogen-bond donors (Lipinski definition) is 0. The van der Waals surface area contributed by atoms with Gasteiger partial charge in [0, 0.05) is 32.9 Å². The van der Waals surface area contributed by atoms with E-state index < -0.39 is 0 Å². The van der Waals surface area contributed by atoms with Gasteiger partial charge in [-0.2, -0.15) is 0 Å². The SMILES string of the molecule is COc1cc(C2CCCN2Cc2ccnc(N(C)C)n2)cc(OC)c1OC. The lowest BCUT2D eigenvalue weighted by Gasteiger charge is -2.26. The summed E-state index contributed by atoms with van der Waals surface area (Å²) in [6.07, 6.45) is 4.05. The minimum absolute atomic E-state index is 0.288. The van der Waals surface area contributed by atoms with E-state index in [-0.39, 0.29) is 6.04 Å². The average molecular weight is 372 g/mol. The second-order valence-electron chi connectivity index (χ2n) is 6.83. The van der Waals surface area contributed by atoms with Crippen LogP contribution in [0.25, 0.3) is 0 Å². The van der Waals surface area contributed by atoms with Gasteiger partial charge in [-0.1, -0.05) is 0 Å². The summed E-state index contributed by atoms with van der Waals surface area (Å²) in [6.45, 7) is 1.81. The quantitative estimate of drug-likeness (QED) is 0.740. The lowest BCUT2D eigenvalue weighted by Crippen LogP contribution is -2.24. The molecule has 1 aromatic heterocycles. The van der Waals surface area contributed by atoms with Crippen LogP contribution in [0, 0.1) is 0 Å². The van der Waals surface area contributed by atoms with Crippen LogP contribution in [-0.4, -0.2) is 56.8 Å². The van der Waals surface area contributed by atoms with Crippen LogP contribution in [0.4, 0.5) is 5.95 Å². The zero-order valence-electron chi connectivity index (χ0n) is 16.7. The van der Waals surface area contributed by atoms with Gasteiger partial charge in [-0.05, 0) is 43.1 Å². The first-order chi connectivity index (χ1) is 13.1. The van der Waals surface area contributed by atoms with Crippen LogP contribution in [0.1, 0.15) is 30.1 Å². The number of likely N-dealkylation sites (tertiary alicyclic amines) is 1. The number of rotatable bonds is 7. The molecule has 7 nitrogen and oxygen atoms in total. The Bertz CT molecular complexity index is 757. The normalized spacial score (nSPS) is 17.0. The van der Waals surface area contributed by atoms with E-state index in [0.717, 1.165) is 37.6 Å². The van der Waals surface area contributed by atoms with Crippen molar-refractivity contribution in [3.8, 4) is 17.2 Å². The lowest BCUT2D eigenvalue weighted by molar-refractivity contribution is 0.243. The van der Waals surface area contributed by atoms with Crippen LogP contribution < -0.4 is 19.1 Å². The summed E-state index contributed by atoms with van der Waals surface area (Å²) in [5.41, 5.74) is 2.19. The Morgan fingerprint density at radius 1 is 1.11 bits per heavy atom. The van der Waals surface area contributed by atoms with Crippen LogP contribution in [0.3, 0.4) is 0 Å². The number of ether oxygens (including phenoxy) is 3. The molecule has 0 N–H and O–H groups in total. The average Bonchev–Trinajstić information content (AvgIpc) is 3.14. The second kappa shape index (κ2) is 8.43. The topological polar surface area (TPSA) is 60.0 Å². The van der Waals surface area contributed by atoms with Crippen molar-refractivity contribution >= 4 is 5.95 Å². The standard InChI is InChI=1S/C20H28N4O3/c1-23(2)20-21-9-8-15(22-20)13-24-10-6-7-16(24)14-11-17(25-3)19(27-5)18(12-14)26-4/h8-9,11-12,16H,6-7,10,13H2,1-5H3. The molecule has 27 heavy (non-hydrogen) atoms. The maximum Gasteiger partial charge on any atom is 0.225 e. The number of methoxy groups -OCH3 is 3. The molecule has 0 bridgehead atoms. The van der Waals surface area contributed by atoms with E-state index in [1.54, 1.807) is 21.3 Å². The van der Waals surface area contributed by atoms with Gasteiger partial charge < -0.3 is 19.1 Å². The Labute approximate surface area is 160 Å². The molecule has 1 aliphatic rings. The number of aromatic nitrogens is 2. The smallest absolute Gasteiger partial charge is 0.225 e. The van der Waals surface area contributed by atoms with E-state index in [0.29, 0.717) is 17.2 Å². The zero-order valence-corrected chi connectivity index (χ0v) is 16.7. The molecule has 1 saturated heterocycles. The molecule has 2 aromatic rings. The molecule has 1 atom stereocenters. The molecule has 3 rings (SSSR count). The second-order valence-corrected chi connectivity index (χ2v) is 6.83. The third-order valence-electron chi connectivity index (χ3n) is 4.90. The van der Waals surface area contributed by atoms with E-state index in [2.05, 4.69) is 27.0 Å². The van der Waals surface area contributed by atoms with Crippen LogP contribution in [-0.2, 0) is 6.54 Å². The van der Waals surface area contributed by atoms with Gasteiger partial charge in [-0.15, -0.1) is 0 Å². The fourth-order valence-electron chi connectivity index (χ4n) is 3.58. The molecule has 7 heteroatoms. The fourth-order valence-corrected chi connectivity index (χ4v) is 3.58. The molecule has 0 saturated carbocycles. The van der Waals surface area contributed by atoms with Crippen molar-refractivity contribution in [1.29, 1.82) is 0 Å². The fraction of sp³-hybridized carbons (Fsp3) is 0.500. The Hall–Kier alpha value is -2.54. The summed E-state index contributed by atoms with van der Waals surface area (Å²) in [5.74, 6) is 2.74. The van der Waals surface area contributed by atoms with Crippen molar-refractivity contribution in [1.82, 2.24) is 14.9 Å². The summed E-state index contributed by atoms with van der Waals surface area (Å²) >= 11 is 0. The number of anilines is 1. The molecule has 146 valence electrons. The summed E-state index contributed by atoms with van der Waals surface area (Å²) in [6, 6.07) is 6.37. The van der Waals surface area contributed by atoms with E-state index in [1.165, 1.54) is 5.56 Å². The maximum absolute atomic E-state index is 5.52. The lowest BCUT2D eigenvalue weighted by atomic mass is 10.0. The van der Waals surface area contributed by atoms with Crippen molar-refractivity contribution in [2.24, 2.45) is 0 Å². The molecule has 0 amide bonds. The number of hydrogen-bond acceptors (Lipinski definition) is 7. The van der Waals surface area contributed by atoms with Gasteiger partial charge >= 0.3 is 0 Å². The highest BCUT2D eigenvalue weighted by atomic mass is 16.5. The van der Waals surface area contributed by atoms with Gasteiger partial charge in [0.05, 0.1) is 27.0 Å². The van der Waals surface area contributed by atoms with E-state index >= 15 is 0 Å². The predicted molar refractivity (Wildman–Crippen MR) is 105 cm³/mol. The summed E-state index contributed by atoms with van der Waals surface area (Å²) in [4.78, 5) is 13.3. The molecule has 2 heterocycles. The van der Waals surface area contributed by atoms with Crippen molar-refractivity contribution in [3.05, 3.63) is 35.7 Å². The third kappa shape index (κ3) is 4.08. The van der Waals surface area contributed by atoms with Crippen molar-refractivity contribution < 1.29 is 14.2 Å². The molecular weight excluding hydrogens is 344 g/mol. The van der Waals surface area contributed by atoms with Crippen LogP contribution >= 0.6 is 0 Å². The third-order valence-corrected chi connectivity index (χ3v) is 4.90. The van der Waals surface area contributed by atoms with Crippen molar-refractivity contribution in [3.63, 3.8) is 0 Å². The molecule has 0 aliphatic carbocycles. The highest BCUT2D eigenvalue weighted by Crippen LogP contribution is 2.43. The first-order valence-corrected chi connectivity index (χ1v) is 9.10. The minimum Gasteiger partial charge on any atom is -0.493 e. The largest absolute Gasteiger partial charge is 0.493 e. The van der Waals surface area contributed by atoms with Crippen molar-refractivity contribution in [2.45, 2.75) is 25.4 Å². The molecule has 1 unspecified atom stereocenters. The maximum atomic E-state index is 5.52. The van der Waals surface area contributed by atoms with Crippen molar-refractivity contribution in [2.75, 3.05) is 46.9 Å². The number of nitrogens with zero attached hydrogens (tertiary/aromatic N) is 4. The van der Waals surface area contributed by atoms with Gasteiger partial charge in [-0.3, -0.25) is 4.90 Å². The van der Waals surface area contributed by atoms with Gasteiger partial charge in [-0.25, -0.2) is 9.97 Å².